The molecule has 6 heteroatoms. The van der Waals surface area contributed by atoms with Crippen LogP contribution in [0.15, 0.2) is 15.9 Å². The van der Waals surface area contributed by atoms with Gasteiger partial charge in [0, 0.05) is 22.7 Å². The molecule has 2 heterocycles. The zero-order valence-electron chi connectivity index (χ0n) is 11.3. The molecule has 3 N–H and O–H groups in total. The molecule has 0 aliphatic carbocycles. The van der Waals surface area contributed by atoms with Crippen molar-refractivity contribution in [3.63, 3.8) is 0 Å². The van der Waals surface area contributed by atoms with Gasteiger partial charge in [0.15, 0.2) is 5.89 Å². The number of nitrogens with two attached hydrogens (primary N) is 1. The summed E-state index contributed by atoms with van der Waals surface area (Å²) in [6.07, 6.45) is 0. The number of nitrogens with zero attached hydrogens (tertiary/aromatic N) is 1. The number of amides is 1. The molecule has 0 fully saturated rings. The molecule has 0 radical (unpaired) electrons. The average molecular weight is 289 g/mol. The number of aromatic nitrogens is 1. The van der Waals surface area contributed by atoms with E-state index in [1.54, 1.807) is 25.2 Å². The van der Waals surface area contributed by atoms with E-state index < -0.39 is 0 Å². The minimum atomic E-state index is -0.258. The Labute approximate surface area is 121 Å². The zero-order valence-corrected chi connectivity index (χ0v) is 12.1. The van der Waals surface area contributed by atoms with Crippen LogP contribution in [0.3, 0.4) is 0 Å². The summed E-state index contributed by atoms with van der Waals surface area (Å²) in [6.45, 7) is 4.24. The van der Waals surface area contributed by atoms with Crippen molar-refractivity contribution >= 4 is 17.2 Å². The number of hydrogen-bond acceptors (Lipinski definition) is 5. The number of carbonyl (C=O) groups is 1. The Bertz CT molecular complexity index is 676. The van der Waals surface area contributed by atoms with Gasteiger partial charge in [-0.3, -0.25) is 4.79 Å². The first-order chi connectivity index (χ1) is 9.60. The second-order valence-electron chi connectivity index (χ2n) is 4.14. The Hall–Kier alpha value is -2.10. The van der Waals surface area contributed by atoms with Gasteiger partial charge in [-0.15, -0.1) is 11.3 Å². The molecule has 104 valence electrons. The van der Waals surface area contributed by atoms with Crippen LogP contribution in [0.2, 0.25) is 0 Å². The maximum atomic E-state index is 11.9. The van der Waals surface area contributed by atoms with Crippen LogP contribution in [-0.4, -0.2) is 17.4 Å². The number of oxazole rings is 1. The highest BCUT2D eigenvalue weighted by atomic mass is 32.1. The summed E-state index contributed by atoms with van der Waals surface area (Å²) in [7, 11) is 0. The Morgan fingerprint density at radius 2 is 2.35 bits per heavy atom. The van der Waals surface area contributed by atoms with Crippen molar-refractivity contribution in [3.8, 4) is 11.8 Å². The van der Waals surface area contributed by atoms with Crippen LogP contribution < -0.4 is 11.1 Å². The molecule has 0 atom stereocenters. The number of nitrogens with one attached hydrogen (secondary N) is 1. The first-order valence-electron chi connectivity index (χ1n) is 6.08. The first-order valence-corrected chi connectivity index (χ1v) is 6.96. The number of hydrogen-bond donors (Lipinski definition) is 2. The smallest absolute Gasteiger partial charge is 0.289 e. The lowest BCUT2D eigenvalue weighted by atomic mass is 10.3. The molecule has 0 saturated heterocycles. The van der Waals surface area contributed by atoms with Gasteiger partial charge in [-0.2, -0.15) is 0 Å². The summed E-state index contributed by atoms with van der Waals surface area (Å²) >= 11 is 1.54. The lowest BCUT2D eigenvalue weighted by molar-refractivity contribution is 0.0921. The molecule has 0 aromatic carbocycles. The van der Waals surface area contributed by atoms with Gasteiger partial charge in [0.25, 0.3) is 5.91 Å². The van der Waals surface area contributed by atoms with Crippen molar-refractivity contribution in [2.24, 2.45) is 5.73 Å². The van der Waals surface area contributed by atoms with Crippen LogP contribution in [0.5, 0.6) is 0 Å². The van der Waals surface area contributed by atoms with E-state index in [2.05, 4.69) is 22.1 Å². The van der Waals surface area contributed by atoms with Crippen LogP contribution in [0, 0.1) is 25.7 Å². The predicted octanol–water partition coefficient (Wildman–Crippen LogP) is 1.59. The minimum Gasteiger partial charge on any atom is -0.436 e. The van der Waals surface area contributed by atoms with E-state index in [4.69, 9.17) is 10.2 Å². The number of thiophene rings is 1. The third-order valence-electron chi connectivity index (χ3n) is 2.52. The van der Waals surface area contributed by atoms with E-state index in [9.17, 15) is 4.79 Å². The number of aryl methyl sites for hydroxylation is 2. The summed E-state index contributed by atoms with van der Waals surface area (Å²) in [4.78, 5) is 17.0. The Kier molecular flexibility index (Phi) is 4.56. The summed E-state index contributed by atoms with van der Waals surface area (Å²) in [5.41, 5.74) is 6.83. The van der Waals surface area contributed by atoms with Crippen molar-refractivity contribution in [2.75, 3.05) is 6.54 Å². The fraction of sp³-hybridized carbons (Fsp3) is 0.286. The van der Waals surface area contributed by atoms with Crippen molar-refractivity contribution in [1.29, 1.82) is 0 Å². The van der Waals surface area contributed by atoms with Crippen molar-refractivity contribution in [3.05, 3.63) is 39.2 Å². The summed E-state index contributed by atoms with van der Waals surface area (Å²) in [5, 5.41) is 4.74. The molecule has 2 aromatic heterocycles. The molecular formula is C14H15N3O2S. The normalized spacial score (nSPS) is 9.95. The molecule has 2 aromatic rings. The molecule has 2 rings (SSSR count). The summed E-state index contributed by atoms with van der Waals surface area (Å²) in [5.74, 6) is 6.24. The van der Waals surface area contributed by atoms with Crippen LogP contribution in [0.4, 0.5) is 0 Å². The standard InChI is InChI=1S/C14H15N3O2S/c1-9-13(19-10(2)17-9)14(18)16-7-12-6-11(8-20-12)4-3-5-15/h6,8H,5,7,15H2,1-2H3,(H,16,18). The third-order valence-corrected chi connectivity index (χ3v) is 3.46. The molecule has 1 amide bonds. The number of carbonyl (C=O) groups excluding carboxylic acids is 1. The fourth-order valence-electron chi connectivity index (χ4n) is 1.68. The van der Waals surface area contributed by atoms with Gasteiger partial charge in [0.1, 0.15) is 0 Å². The van der Waals surface area contributed by atoms with Crippen LogP contribution in [-0.2, 0) is 6.54 Å². The Balaban J connectivity index is 1.96. The molecule has 0 unspecified atom stereocenters. The van der Waals surface area contributed by atoms with Crippen molar-refractivity contribution in [2.45, 2.75) is 20.4 Å². The second kappa shape index (κ2) is 6.37. The Morgan fingerprint density at radius 3 is 3.00 bits per heavy atom. The average Bonchev–Trinajstić information content (AvgIpc) is 3.00. The fourth-order valence-corrected chi connectivity index (χ4v) is 2.44. The highest BCUT2D eigenvalue weighted by molar-refractivity contribution is 7.10. The highest BCUT2D eigenvalue weighted by Gasteiger charge is 2.15. The quantitative estimate of drug-likeness (QED) is 0.841. The summed E-state index contributed by atoms with van der Waals surface area (Å²) < 4.78 is 5.27. The highest BCUT2D eigenvalue weighted by Crippen LogP contribution is 2.14. The topological polar surface area (TPSA) is 81.2 Å². The van der Waals surface area contributed by atoms with Crippen LogP contribution in [0.1, 0.15) is 32.6 Å². The molecule has 0 bridgehead atoms. The second-order valence-corrected chi connectivity index (χ2v) is 5.13. The lowest BCUT2D eigenvalue weighted by Gasteiger charge is -2.00. The minimum absolute atomic E-state index is 0.258. The maximum Gasteiger partial charge on any atom is 0.289 e. The van der Waals surface area contributed by atoms with Gasteiger partial charge in [-0.05, 0) is 13.0 Å². The molecular weight excluding hydrogens is 274 g/mol. The van der Waals surface area contributed by atoms with E-state index in [0.29, 0.717) is 24.7 Å². The molecule has 0 saturated carbocycles. The number of rotatable bonds is 3. The summed E-state index contributed by atoms with van der Waals surface area (Å²) in [6, 6.07) is 1.94. The van der Waals surface area contributed by atoms with Crippen molar-refractivity contribution < 1.29 is 9.21 Å². The Morgan fingerprint density at radius 1 is 1.55 bits per heavy atom. The van der Waals surface area contributed by atoms with E-state index in [-0.39, 0.29) is 11.7 Å². The van der Waals surface area contributed by atoms with Gasteiger partial charge in [-0.25, -0.2) is 4.98 Å². The molecule has 0 aliphatic heterocycles. The van der Waals surface area contributed by atoms with Crippen LogP contribution in [0.25, 0.3) is 0 Å². The molecule has 0 spiro atoms. The van der Waals surface area contributed by atoms with Gasteiger partial charge >= 0.3 is 0 Å². The van der Waals surface area contributed by atoms with Gasteiger partial charge in [0.05, 0.1) is 18.8 Å². The monoisotopic (exact) mass is 289 g/mol. The predicted molar refractivity (Wildman–Crippen MR) is 77.4 cm³/mol. The van der Waals surface area contributed by atoms with Gasteiger partial charge in [-0.1, -0.05) is 11.8 Å². The van der Waals surface area contributed by atoms with E-state index in [1.807, 2.05) is 11.4 Å². The molecule has 0 aliphatic rings. The zero-order chi connectivity index (χ0) is 14.5. The molecule has 5 nitrogen and oxygen atoms in total. The SMILES string of the molecule is Cc1nc(C)c(C(=O)NCc2cc(C#CCN)cs2)o1. The van der Waals surface area contributed by atoms with Gasteiger partial charge in [0.2, 0.25) is 5.76 Å². The third kappa shape index (κ3) is 3.47. The largest absolute Gasteiger partial charge is 0.436 e. The maximum absolute atomic E-state index is 11.9. The lowest BCUT2D eigenvalue weighted by Crippen LogP contribution is -2.22. The van der Waals surface area contributed by atoms with E-state index in [0.717, 1.165) is 10.4 Å². The van der Waals surface area contributed by atoms with E-state index >= 15 is 0 Å². The van der Waals surface area contributed by atoms with Crippen molar-refractivity contribution in [1.82, 2.24) is 10.3 Å². The first kappa shape index (κ1) is 14.3. The van der Waals surface area contributed by atoms with E-state index in [1.165, 1.54) is 0 Å². The molecule has 20 heavy (non-hydrogen) atoms. The van der Waals surface area contributed by atoms with Gasteiger partial charge < -0.3 is 15.5 Å². The van der Waals surface area contributed by atoms with Crippen LogP contribution >= 0.6 is 11.3 Å².